The second kappa shape index (κ2) is 11.1. The summed E-state index contributed by atoms with van der Waals surface area (Å²) in [7, 11) is -3.37. The summed E-state index contributed by atoms with van der Waals surface area (Å²) in [4.78, 5) is 17.9. The predicted octanol–water partition coefficient (Wildman–Crippen LogP) is 6.07. The molecule has 182 valence electrons. The number of rotatable bonds is 10. The van der Waals surface area contributed by atoms with Gasteiger partial charge in [0.25, 0.3) is 0 Å². The molecule has 0 saturated heterocycles. The molecule has 0 fully saturated rings. The van der Waals surface area contributed by atoms with Gasteiger partial charge >= 0.3 is 5.97 Å². The maximum atomic E-state index is 11.9. The van der Waals surface area contributed by atoms with Gasteiger partial charge < -0.3 is 10.4 Å². The Hall–Kier alpha value is -2.13. The van der Waals surface area contributed by atoms with E-state index in [9.17, 15) is 18.3 Å². The van der Waals surface area contributed by atoms with Gasteiger partial charge in [-0.3, -0.25) is 4.79 Å². The van der Waals surface area contributed by atoms with Crippen molar-refractivity contribution < 1.29 is 18.3 Å². The maximum absolute atomic E-state index is 11.9. The van der Waals surface area contributed by atoms with E-state index < -0.39 is 21.7 Å². The third kappa shape index (κ3) is 6.95. The number of benzene rings is 2. The lowest BCUT2D eigenvalue weighted by molar-refractivity contribution is -0.141. The van der Waals surface area contributed by atoms with Crippen molar-refractivity contribution in [2.24, 2.45) is 11.8 Å². The fourth-order valence-corrected chi connectivity index (χ4v) is 5.64. The van der Waals surface area contributed by atoms with Crippen LogP contribution in [0.25, 0.3) is 11.3 Å². The zero-order valence-corrected chi connectivity index (χ0v) is 22.2. The van der Waals surface area contributed by atoms with Crippen LogP contribution >= 0.6 is 34.5 Å². The predicted molar refractivity (Wildman–Crippen MR) is 139 cm³/mol. The normalized spacial score (nSPS) is 12.6. The summed E-state index contributed by atoms with van der Waals surface area (Å²) in [5.74, 6) is -1.33. The Morgan fingerprint density at radius 2 is 1.85 bits per heavy atom. The zero-order chi connectivity index (χ0) is 25.0. The third-order valence-electron chi connectivity index (χ3n) is 5.14. The van der Waals surface area contributed by atoms with E-state index >= 15 is 0 Å². The molecule has 1 unspecified atom stereocenters. The van der Waals surface area contributed by atoms with Crippen LogP contribution in [0.2, 0.25) is 10.0 Å². The molecule has 0 bridgehead atoms. The summed E-state index contributed by atoms with van der Waals surface area (Å²) in [6.45, 7) is 4.39. The molecular weight excluding hydrogens is 515 g/mol. The molecule has 1 aromatic heterocycles. The Morgan fingerprint density at radius 3 is 2.47 bits per heavy atom. The van der Waals surface area contributed by atoms with Crippen LogP contribution in [0.15, 0.2) is 47.4 Å². The maximum Gasteiger partial charge on any atom is 0.308 e. The number of anilines is 1. The topological polar surface area (TPSA) is 96.4 Å². The minimum atomic E-state index is -3.37. The first-order valence-corrected chi connectivity index (χ1v) is 14.1. The minimum Gasteiger partial charge on any atom is -0.481 e. The number of nitrogens with zero attached hydrogens (tertiary/aromatic N) is 1. The van der Waals surface area contributed by atoms with Crippen molar-refractivity contribution in [2.75, 3.05) is 18.1 Å². The first kappa shape index (κ1) is 26.5. The monoisotopic (exact) mass is 540 g/mol. The molecule has 3 aromatic rings. The molecule has 2 aromatic carbocycles. The van der Waals surface area contributed by atoms with E-state index in [2.05, 4.69) is 19.2 Å². The number of hydrogen-bond donors (Lipinski definition) is 2. The van der Waals surface area contributed by atoms with E-state index in [1.165, 1.54) is 23.5 Å². The van der Waals surface area contributed by atoms with Crippen molar-refractivity contribution in [3.63, 3.8) is 0 Å². The molecule has 0 aliphatic rings. The van der Waals surface area contributed by atoms with Crippen LogP contribution in [0.5, 0.6) is 0 Å². The summed E-state index contributed by atoms with van der Waals surface area (Å²) in [5.41, 5.74) is 2.29. The van der Waals surface area contributed by atoms with Crippen molar-refractivity contribution >= 4 is 55.5 Å². The van der Waals surface area contributed by atoms with Gasteiger partial charge in [0.1, 0.15) is 0 Å². The van der Waals surface area contributed by atoms with Crippen molar-refractivity contribution in [3.8, 4) is 11.3 Å². The van der Waals surface area contributed by atoms with Gasteiger partial charge in [0, 0.05) is 23.2 Å². The number of thiazole rings is 1. The summed E-state index contributed by atoms with van der Waals surface area (Å²) < 4.78 is 23.7. The highest BCUT2D eigenvalue weighted by Gasteiger charge is 2.21. The number of carboxylic acids is 1. The number of carboxylic acid groups (broad SMARTS) is 1. The molecule has 6 nitrogen and oxygen atoms in total. The molecule has 0 radical (unpaired) electrons. The Bertz CT molecular complexity index is 1290. The smallest absolute Gasteiger partial charge is 0.308 e. The van der Waals surface area contributed by atoms with Crippen molar-refractivity contribution in [2.45, 2.75) is 31.6 Å². The second-order valence-corrected chi connectivity index (χ2v) is 12.5. The van der Waals surface area contributed by atoms with E-state index in [1.807, 2.05) is 6.07 Å². The summed E-state index contributed by atoms with van der Waals surface area (Å²) >= 11 is 13.8. The molecule has 0 spiro atoms. The molecule has 0 aliphatic heterocycles. The van der Waals surface area contributed by atoms with E-state index in [-0.39, 0.29) is 17.9 Å². The number of nitrogens with one attached hydrogen (secondary N) is 1. The molecule has 1 atom stereocenters. The lowest BCUT2D eigenvalue weighted by Gasteiger charge is -2.13. The molecule has 10 heteroatoms. The Labute approximate surface area is 213 Å². The number of carbonyl (C=O) groups is 1. The highest BCUT2D eigenvalue weighted by Crippen LogP contribution is 2.35. The second-order valence-electron chi connectivity index (χ2n) is 8.56. The fourth-order valence-electron chi connectivity index (χ4n) is 3.45. The third-order valence-corrected chi connectivity index (χ3v) is 8.03. The van der Waals surface area contributed by atoms with Gasteiger partial charge in [0.2, 0.25) is 0 Å². The molecule has 0 aliphatic carbocycles. The van der Waals surface area contributed by atoms with Crippen LogP contribution in [-0.4, -0.2) is 37.3 Å². The first-order valence-electron chi connectivity index (χ1n) is 10.6. The molecule has 0 amide bonds. The van der Waals surface area contributed by atoms with Crippen LogP contribution in [-0.2, 0) is 27.5 Å². The number of hydrogen-bond acceptors (Lipinski definition) is 6. The first-order chi connectivity index (χ1) is 15.9. The van der Waals surface area contributed by atoms with Gasteiger partial charge in [-0.25, -0.2) is 13.4 Å². The van der Waals surface area contributed by atoms with Gasteiger partial charge in [0.05, 0.1) is 26.6 Å². The van der Waals surface area contributed by atoms with Crippen LogP contribution < -0.4 is 5.32 Å². The lowest BCUT2D eigenvalue weighted by Crippen LogP contribution is -2.25. The molecular formula is C24H26Cl2N2O4S2. The van der Waals surface area contributed by atoms with E-state index in [4.69, 9.17) is 28.2 Å². The Kier molecular flexibility index (Phi) is 8.62. The van der Waals surface area contributed by atoms with Crippen molar-refractivity contribution in [1.82, 2.24) is 4.98 Å². The molecule has 34 heavy (non-hydrogen) atoms. The van der Waals surface area contributed by atoms with Gasteiger partial charge in [-0.1, -0.05) is 55.2 Å². The molecule has 1 heterocycles. The van der Waals surface area contributed by atoms with Crippen molar-refractivity contribution in [1.29, 1.82) is 0 Å². The molecule has 2 N–H and O–H groups in total. The SMILES string of the molecule is CC(C)Cc1sc(NCC(Cc2cccc(S(C)(=O)=O)c2)C(=O)O)nc1-c1ccc(Cl)c(Cl)c1. The summed E-state index contributed by atoms with van der Waals surface area (Å²) in [6.07, 6.45) is 2.14. The Morgan fingerprint density at radius 1 is 1.12 bits per heavy atom. The average molecular weight is 542 g/mol. The van der Waals surface area contributed by atoms with Crippen LogP contribution in [0.4, 0.5) is 5.13 Å². The highest BCUT2D eigenvalue weighted by atomic mass is 35.5. The van der Waals surface area contributed by atoms with Crippen LogP contribution in [0, 0.1) is 11.8 Å². The fraction of sp³-hybridized carbons (Fsp3) is 0.333. The molecule has 0 saturated carbocycles. The largest absolute Gasteiger partial charge is 0.481 e. The summed E-state index contributed by atoms with van der Waals surface area (Å²) in [5, 5.41) is 14.5. The van der Waals surface area contributed by atoms with E-state index in [0.717, 1.165) is 28.8 Å². The number of sulfone groups is 1. The number of aliphatic carboxylic acids is 1. The van der Waals surface area contributed by atoms with Gasteiger partial charge in [-0.15, -0.1) is 11.3 Å². The Balaban J connectivity index is 1.81. The highest BCUT2D eigenvalue weighted by molar-refractivity contribution is 7.90. The van der Waals surface area contributed by atoms with Gasteiger partial charge in [-0.05, 0) is 48.6 Å². The lowest BCUT2D eigenvalue weighted by atomic mass is 9.99. The standard InChI is InChI=1S/C24H26Cl2N2O4S2/c1-14(2)9-21-22(16-7-8-19(25)20(26)12-16)28-24(33-21)27-13-17(23(29)30)10-15-5-4-6-18(11-15)34(3,31)32/h4-8,11-12,14,17H,9-10,13H2,1-3H3,(H,27,28)(H,29,30). The summed E-state index contributed by atoms with van der Waals surface area (Å²) in [6, 6.07) is 11.8. The van der Waals surface area contributed by atoms with Gasteiger partial charge in [-0.2, -0.15) is 0 Å². The minimum absolute atomic E-state index is 0.147. The quantitative estimate of drug-likeness (QED) is 0.323. The number of aromatic nitrogens is 1. The van der Waals surface area contributed by atoms with Crippen LogP contribution in [0.3, 0.4) is 0 Å². The molecule has 3 rings (SSSR count). The number of halogens is 2. The van der Waals surface area contributed by atoms with Gasteiger partial charge in [0.15, 0.2) is 15.0 Å². The van der Waals surface area contributed by atoms with E-state index in [0.29, 0.717) is 26.7 Å². The average Bonchev–Trinajstić information content (AvgIpc) is 3.14. The van der Waals surface area contributed by atoms with Crippen molar-refractivity contribution in [3.05, 3.63) is 63.0 Å². The zero-order valence-electron chi connectivity index (χ0n) is 19.0. The van der Waals surface area contributed by atoms with E-state index in [1.54, 1.807) is 24.3 Å². The van der Waals surface area contributed by atoms with Crippen LogP contribution in [0.1, 0.15) is 24.3 Å².